The Morgan fingerprint density at radius 2 is 2.10 bits per heavy atom. The van der Waals surface area contributed by atoms with Gasteiger partial charge in [-0.15, -0.1) is 0 Å². The van der Waals surface area contributed by atoms with Crippen LogP contribution in [0.5, 0.6) is 0 Å². The van der Waals surface area contributed by atoms with Gasteiger partial charge in [0.05, 0.1) is 23.8 Å². The molecule has 2 saturated heterocycles. The number of carbonyl (C=O) groups is 1. The zero-order chi connectivity index (χ0) is 19.8. The van der Waals surface area contributed by atoms with Crippen LogP contribution in [0.4, 0.5) is 5.69 Å². The first-order chi connectivity index (χ1) is 14.2. The van der Waals surface area contributed by atoms with Crippen molar-refractivity contribution in [2.75, 3.05) is 37.7 Å². The highest BCUT2D eigenvalue weighted by molar-refractivity contribution is 5.94. The smallest absolute Gasteiger partial charge is 0.246 e. The van der Waals surface area contributed by atoms with Crippen molar-refractivity contribution >= 4 is 22.5 Å². The molecular formula is C22H27N5O2. The van der Waals surface area contributed by atoms with E-state index < -0.39 is 0 Å². The highest BCUT2D eigenvalue weighted by Crippen LogP contribution is 2.35. The van der Waals surface area contributed by atoms with Crippen molar-refractivity contribution in [2.24, 2.45) is 5.73 Å². The number of amides is 1. The van der Waals surface area contributed by atoms with Crippen LogP contribution in [-0.2, 0) is 9.53 Å². The molecule has 1 amide bonds. The summed E-state index contributed by atoms with van der Waals surface area (Å²) in [5.41, 5.74) is 9.54. The van der Waals surface area contributed by atoms with Gasteiger partial charge in [0.2, 0.25) is 5.91 Å². The first-order valence-corrected chi connectivity index (χ1v) is 10.4. The second kappa shape index (κ2) is 7.65. The molecule has 7 heteroatoms. The number of nitrogens with zero attached hydrogens (tertiary/aromatic N) is 3. The molecular weight excluding hydrogens is 366 g/mol. The number of benzene rings is 1. The second-order valence-corrected chi connectivity index (χ2v) is 8.09. The molecule has 3 N–H and O–H groups in total. The molecule has 1 aromatic carbocycles. The quantitative estimate of drug-likeness (QED) is 0.832. The Bertz CT molecular complexity index is 980. The molecule has 2 aromatic rings. The standard InChI is InChI=1S/C22H27N5O2/c23-22(28)16-2-1-9-26(14-16)18-3-4-20-19(12-18)21(15-5-8-24-13-15)25-27(20)17-6-10-29-11-7-17/h1-4,9,12,15,17,24H,5-8,10-11,13-14H2,(H2,23,28). The Morgan fingerprint density at radius 1 is 1.24 bits per heavy atom. The van der Waals surface area contributed by atoms with Crippen molar-refractivity contribution in [2.45, 2.75) is 31.2 Å². The van der Waals surface area contributed by atoms with E-state index in [-0.39, 0.29) is 5.91 Å². The molecule has 3 aliphatic heterocycles. The number of aromatic nitrogens is 2. The highest BCUT2D eigenvalue weighted by atomic mass is 16.5. The minimum atomic E-state index is -0.370. The maximum atomic E-state index is 11.6. The van der Waals surface area contributed by atoms with Crippen molar-refractivity contribution in [3.8, 4) is 0 Å². The monoisotopic (exact) mass is 393 g/mol. The van der Waals surface area contributed by atoms with Crippen LogP contribution in [-0.4, -0.2) is 48.5 Å². The number of nitrogens with one attached hydrogen (secondary N) is 1. The molecule has 1 aromatic heterocycles. The SMILES string of the molecule is NC(=O)C1=CC=CN(c2ccc3c(c2)c(C2CCNC2)nn3C2CCOCC2)C1. The summed E-state index contributed by atoms with van der Waals surface area (Å²) in [5, 5.41) is 9.81. The van der Waals surface area contributed by atoms with E-state index in [9.17, 15) is 4.79 Å². The van der Waals surface area contributed by atoms with E-state index in [0.717, 1.165) is 51.3 Å². The number of ether oxygens (including phenoxy) is 1. The maximum absolute atomic E-state index is 11.6. The molecule has 0 radical (unpaired) electrons. The Hall–Kier alpha value is -2.64. The summed E-state index contributed by atoms with van der Waals surface area (Å²) in [6.07, 6.45) is 8.78. The molecule has 0 saturated carbocycles. The minimum absolute atomic E-state index is 0.370. The Labute approximate surface area is 170 Å². The van der Waals surface area contributed by atoms with Crippen LogP contribution in [0.25, 0.3) is 10.9 Å². The summed E-state index contributed by atoms with van der Waals surface area (Å²) in [6, 6.07) is 6.90. The van der Waals surface area contributed by atoms with Crippen molar-refractivity contribution in [1.82, 2.24) is 15.1 Å². The third kappa shape index (κ3) is 3.45. The van der Waals surface area contributed by atoms with Gasteiger partial charge in [-0.2, -0.15) is 5.10 Å². The van der Waals surface area contributed by atoms with Gasteiger partial charge in [-0.3, -0.25) is 9.48 Å². The fourth-order valence-electron chi connectivity index (χ4n) is 4.62. The van der Waals surface area contributed by atoms with E-state index in [4.69, 9.17) is 15.6 Å². The zero-order valence-corrected chi connectivity index (χ0v) is 16.5. The van der Waals surface area contributed by atoms with Crippen LogP contribution in [0.15, 0.2) is 42.1 Å². The maximum Gasteiger partial charge on any atom is 0.246 e. The number of rotatable bonds is 4. The minimum Gasteiger partial charge on any atom is -0.381 e. The third-order valence-corrected chi connectivity index (χ3v) is 6.25. The average Bonchev–Trinajstić information content (AvgIpc) is 3.42. The van der Waals surface area contributed by atoms with Crippen molar-refractivity contribution in [3.05, 3.63) is 47.8 Å². The van der Waals surface area contributed by atoms with Crippen LogP contribution in [0.2, 0.25) is 0 Å². The average molecular weight is 393 g/mol. The molecule has 0 spiro atoms. The first-order valence-electron chi connectivity index (χ1n) is 10.4. The number of primary amides is 1. The summed E-state index contributed by atoms with van der Waals surface area (Å²) in [7, 11) is 0. The van der Waals surface area contributed by atoms with Gasteiger partial charge in [0, 0.05) is 48.5 Å². The summed E-state index contributed by atoms with van der Waals surface area (Å²) in [6.45, 7) is 4.10. The molecule has 5 rings (SSSR count). The Balaban J connectivity index is 1.55. The Morgan fingerprint density at radius 3 is 2.86 bits per heavy atom. The van der Waals surface area contributed by atoms with Gasteiger partial charge in [-0.05, 0) is 50.1 Å². The fourth-order valence-corrected chi connectivity index (χ4v) is 4.62. The van der Waals surface area contributed by atoms with Gasteiger partial charge >= 0.3 is 0 Å². The lowest BCUT2D eigenvalue weighted by Gasteiger charge is -2.24. The summed E-state index contributed by atoms with van der Waals surface area (Å²) in [4.78, 5) is 13.7. The van der Waals surface area contributed by atoms with Crippen LogP contribution in [0.3, 0.4) is 0 Å². The predicted octanol–water partition coefficient (Wildman–Crippen LogP) is 2.21. The summed E-state index contributed by atoms with van der Waals surface area (Å²) >= 11 is 0. The topological polar surface area (TPSA) is 85.4 Å². The van der Waals surface area contributed by atoms with Crippen molar-refractivity contribution in [1.29, 1.82) is 0 Å². The number of hydrogen-bond acceptors (Lipinski definition) is 5. The van der Waals surface area contributed by atoms with Crippen molar-refractivity contribution in [3.63, 3.8) is 0 Å². The lowest BCUT2D eigenvalue weighted by atomic mass is 10.0. The largest absolute Gasteiger partial charge is 0.381 e. The van der Waals surface area contributed by atoms with Gasteiger partial charge < -0.3 is 20.7 Å². The van der Waals surface area contributed by atoms with E-state index in [2.05, 4.69) is 33.1 Å². The van der Waals surface area contributed by atoms with Gasteiger partial charge in [0.1, 0.15) is 0 Å². The van der Waals surface area contributed by atoms with Crippen LogP contribution in [0, 0.1) is 0 Å². The highest BCUT2D eigenvalue weighted by Gasteiger charge is 2.27. The van der Waals surface area contributed by atoms with Crippen molar-refractivity contribution < 1.29 is 9.53 Å². The molecule has 4 heterocycles. The number of fused-ring (bicyclic) bond motifs is 1. The van der Waals surface area contributed by atoms with E-state index in [0.29, 0.717) is 24.1 Å². The lowest BCUT2D eigenvalue weighted by Crippen LogP contribution is -2.28. The number of nitrogens with two attached hydrogens (primary N) is 1. The molecule has 2 fully saturated rings. The molecule has 7 nitrogen and oxygen atoms in total. The molecule has 29 heavy (non-hydrogen) atoms. The third-order valence-electron chi connectivity index (χ3n) is 6.25. The molecule has 3 aliphatic rings. The van der Waals surface area contributed by atoms with E-state index >= 15 is 0 Å². The van der Waals surface area contributed by atoms with Crippen LogP contribution >= 0.6 is 0 Å². The number of carbonyl (C=O) groups excluding carboxylic acids is 1. The van der Waals surface area contributed by atoms with E-state index in [1.54, 1.807) is 6.08 Å². The van der Waals surface area contributed by atoms with Crippen LogP contribution in [0.1, 0.15) is 36.9 Å². The summed E-state index contributed by atoms with van der Waals surface area (Å²) in [5.74, 6) is 0.0669. The van der Waals surface area contributed by atoms with Gasteiger partial charge in [-0.1, -0.05) is 6.08 Å². The lowest BCUT2D eigenvalue weighted by molar-refractivity contribution is -0.114. The number of hydrogen-bond donors (Lipinski definition) is 2. The normalized spacial score (nSPS) is 23.0. The molecule has 152 valence electrons. The molecule has 0 bridgehead atoms. The Kier molecular flexibility index (Phi) is 4.85. The number of allylic oxidation sites excluding steroid dienone is 2. The van der Waals surface area contributed by atoms with Gasteiger partial charge in [0.15, 0.2) is 0 Å². The van der Waals surface area contributed by atoms with Crippen LogP contribution < -0.4 is 16.0 Å². The second-order valence-electron chi connectivity index (χ2n) is 8.09. The number of anilines is 1. The first kappa shape index (κ1) is 18.4. The zero-order valence-electron chi connectivity index (χ0n) is 16.5. The van der Waals surface area contributed by atoms with Gasteiger partial charge in [-0.25, -0.2) is 0 Å². The van der Waals surface area contributed by atoms with E-state index in [1.807, 2.05) is 12.3 Å². The summed E-state index contributed by atoms with van der Waals surface area (Å²) < 4.78 is 7.79. The fraction of sp³-hybridized carbons (Fsp3) is 0.455. The molecule has 1 atom stereocenters. The van der Waals surface area contributed by atoms with E-state index in [1.165, 1.54) is 16.6 Å². The molecule has 1 unspecified atom stereocenters. The molecule has 0 aliphatic carbocycles. The van der Waals surface area contributed by atoms with Gasteiger partial charge in [0.25, 0.3) is 0 Å². The predicted molar refractivity (Wildman–Crippen MR) is 113 cm³/mol.